The maximum Gasteiger partial charge on any atom is 0.233 e. The molecule has 0 aromatic heterocycles. The maximum atomic E-state index is 13.4. The molecule has 1 aromatic carbocycles. The lowest BCUT2D eigenvalue weighted by Gasteiger charge is -2.29. The minimum atomic E-state index is -3.73. The van der Waals surface area contributed by atoms with Gasteiger partial charge >= 0.3 is 0 Å². The molecule has 0 spiro atoms. The molecule has 20 heavy (non-hydrogen) atoms. The van der Waals surface area contributed by atoms with Crippen LogP contribution in [0.25, 0.3) is 0 Å². The molecule has 0 bridgehead atoms. The molecule has 0 aliphatic carbocycles. The van der Waals surface area contributed by atoms with Crippen molar-refractivity contribution in [3.8, 4) is 5.75 Å². The number of para-hydroxylation sites is 1. The van der Waals surface area contributed by atoms with Crippen LogP contribution in [0.2, 0.25) is 0 Å². The Labute approximate surface area is 122 Å². The zero-order chi connectivity index (χ0) is 15.6. The summed E-state index contributed by atoms with van der Waals surface area (Å²) in [6, 6.07) is 3.37. The molecule has 1 unspecified atom stereocenters. The van der Waals surface area contributed by atoms with Gasteiger partial charge < -0.3 is 4.74 Å². The minimum Gasteiger partial charge on any atom is -0.487 e. The molecule has 1 atom stereocenters. The third-order valence-corrected chi connectivity index (χ3v) is 4.15. The van der Waals surface area contributed by atoms with E-state index < -0.39 is 37.8 Å². The first kappa shape index (κ1) is 17.2. The van der Waals surface area contributed by atoms with Crippen LogP contribution in [0, 0.1) is 23.0 Å². The highest BCUT2D eigenvalue weighted by Gasteiger charge is 2.30. The topological polar surface area (TPSA) is 43.4 Å². The van der Waals surface area contributed by atoms with E-state index in [2.05, 4.69) is 0 Å². The second-order valence-electron chi connectivity index (χ2n) is 5.63. The summed E-state index contributed by atoms with van der Waals surface area (Å²) in [7, 11) is 1.52. The number of rotatable bonds is 5. The van der Waals surface area contributed by atoms with Crippen molar-refractivity contribution in [2.45, 2.75) is 20.8 Å². The summed E-state index contributed by atoms with van der Waals surface area (Å²) in [4.78, 5) is 0. The number of hydrogen-bond acceptors (Lipinski definition) is 3. The summed E-state index contributed by atoms with van der Waals surface area (Å²) in [5, 5.41) is 0. The molecule has 0 aliphatic rings. The Morgan fingerprint density at radius 3 is 2.15 bits per heavy atom. The van der Waals surface area contributed by atoms with Crippen molar-refractivity contribution in [1.29, 1.82) is 0 Å². The van der Waals surface area contributed by atoms with E-state index in [-0.39, 0.29) is 12.4 Å². The van der Waals surface area contributed by atoms with E-state index in [0.29, 0.717) is 0 Å². The summed E-state index contributed by atoms with van der Waals surface area (Å²) in [5.74, 6) is -2.98. The lowest BCUT2D eigenvalue weighted by molar-refractivity contribution is 0.155. The molecule has 0 fully saturated rings. The molecule has 0 saturated heterocycles. The van der Waals surface area contributed by atoms with Crippen molar-refractivity contribution in [2.24, 2.45) is 11.3 Å². The summed E-state index contributed by atoms with van der Waals surface area (Å²) < 4.78 is 54.4. The highest BCUT2D eigenvalue weighted by atomic mass is 35.7. The van der Waals surface area contributed by atoms with Gasteiger partial charge in [-0.3, -0.25) is 0 Å². The number of benzene rings is 1. The van der Waals surface area contributed by atoms with Crippen LogP contribution in [0.1, 0.15) is 20.8 Å². The fraction of sp³-hybridized carbons (Fsp3) is 0.538. The summed E-state index contributed by atoms with van der Waals surface area (Å²) in [5.41, 5.74) is -0.441. The van der Waals surface area contributed by atoms with Gasteiger partial charge in [0.2, 0.25) is 9.05 Å². The molecular formula is C13H17ClF2O3S. The predicted octanol–water partition coefficient (Wildman–Crippen LogP) is 3.57. The molecule has 0 radical (unpaired) electrons. The molecule has 0 aliphatic heterocycles. The van der Waals surface area contributed by atoms with Gasteiger partial charge in [0.15, 0.2) is 17.4 Å². The first-order valence-electron chi connectivity index (χ1n) is 6.00. The van der Waals surface area contributed by atoms with Crippen molar-refractivity contribution in [1.82, 2.24) is 0 Å². The summed E-state index contributed by atoms with van der Waals surface area (Å²) in [6.45, 7) is 5.27. The monoisotopic (exact) mass is 326 g/mol. The second kappa shape index (κ2) is 6.26. The Morgan fingerprint density at radius 2 is 1.75 bits per heavy atom. The summed E-state index contributed by atoms with van der Waals surface area (Å²) in [6.07, 6.45) is 0. The van der Waals surface area contributed by atoms with Gasteiger partial charge in [0.25, 0.3) is 0 Å². The molecule has 114 valence electrons. The van der Waals surface area contributed by atoms with Crippen LogP contribution in [0.3, 0.4) is 0 Å². The lowest BCUT2D eigenvalue weighted by Crippen LogP contribution is -2.32. The van der Waals surface area contributed by atoms with Crippen molar-refractivity contribution < 1.29 is 21.9 Å². The number of halogens is 3. The zero-order valence-electron chi connectivity index (χ0n) is 11.5. The van der Waals surface area contributed by atoms with Crippen molar-refractivity contribution >= 4 is 19.7 Å². The fourth-order valence-electron chi connectivity index (χ4n) is 1.59. The SMILES string of the molecule is CC(C)(C)C(COc1c(F)cccc1F)CS(=O)(=O)Cl. The molecule has 0 N–H and O–H groups in total. The van der Waals surface area contributed by atoms with Crippen LogP contribution in [0.15, 0.2) is 18.2 Å². The van der Waals surface area contributed by atoms with E-state index in [0.717, 1.165) is 12.1 Å². The highest BCUT2D eigenvalue weighted by Crippen LogP contribution is 2.30. The molecule has 1 aromatic rings. The Kier molecular flexibility index (Phi) is 5.38. The smallest absolute Gasteiger partial charge is 0.233 e. The normalized spacial score (nSPS) is 14.1. The summed E-state index contributed by atoms with van der Waals surface area (Å²) >= 11 is 0. The van der Waals surface area contributed by atoms with E-state index >= 15 is 0 Å². The molecular weight excluding hydrogens is 310 g/mol. The predicted molar refractivity (Wildman–Crippen MR) is 74.4 cm³/mol. The van der Waals surface area contributed by atoms with Gasteiger partial charge in [-0.05, 0) is 17.5 Å². The van der Waals surface area contributed by atoms with Crippen LogP contribution in [-0.2, 0) is 9.05 Å². The van der Waals surface area contributed by atoms with Gasteiger partial charge in [-0.15, -0.1) is 0 Å². The fourth-order valence-corrected chi connectivity index (χ4v) is 3.13. The van der Waals surface area contributed by atoms with Crippen LogP contribution >= 0.6 is 10.7 Å². The van der Waals surface area contributed by atoms with E-state index in [1.54, 1.807) is 20.8 Å². The molecule has 0 heterocycles. The third-order valence-electron chi connectivity index (χ3n) is 2.97. The van der Waals surface area contributed by atoms with Gasteiger partial charge in [-0.25, -0.2) is 17.2 Å². The third kappa shape index (κ3) is 5.25. The quantitative estimate of drug-likeness (QED) is 0.777. The van der Waals surface area contributed by atoms with Crippen LogP contribution < -0.4 is 4.74 Å². The number of ether oxygens (including phenoxy) is 1. The highest BCUT2D eigenvalue weighted by molar-refractivity contribution is 8.13. The van der Waals surface area contributed by atoms with E-state index in [4.69, 9.17) is 15.4 Å². The first-order chi connectivity index (χ1) is 9.00. The molecule has 3 nitrogen and oxygen atoms in total. The first-order valence-corrected chi connectivity index (χ1v) is 8.47. The molecule has 0 saturated carbocycles. The number of hydrogen-bond donors (Lipinski definition) is 0. The largest absolute Gasteiger partial charge is 0.487 e. The lowest BCUT2D eigenvalue weighted by atomic mass is 9.82. The van der Waals surface area contributed by atoms with Crippen LogP contribution in [0.4, 0.5) is 8.78 Å². The van der Waals surface area contributed by atoms with Gasteiger partial charge in [-0.2, -0.15) is 0 Å². The Balaban J connectivity index is 2.87. The van der Waals surface area contributed by atoms with E-state index in [1.165, 1.54) is 6.07 Å². The van der Waals surface area contributed by atoms with Gasteiger partial charge in [0.1, 0.15) is 0 Å². The minimum absolute atomic E-state index is 0.146. The average molecular weight is 327 g/mol. The van der Waals surface area contributed by atoms with Crippen LogP contribution in [0.5, 0.6) is 5.75 Å². The molecule has 0 amide bonds. The van der Waals surface area contributed by atoms with Crippen molar-refractivity contribution in [2.75, 3.05) is 12.4 Å². The van der Waals surface area contributed by atoms with E-state index in [1.807, 2.05) is 0 Å². The Morgan fingerprint density at radius 1 is 1.25 bits per heavy atom. The van der Waals surface area contributed by atoms with Gasteiger partial charge in [0.05, 0.1) is 12.4 Å². The molecule has 7 heteroatoms. The Bertz CT molecular complexity index is 547. The van der Waals surface area contributed by atoms with Gasteiger partial charge in [-0.1, -0.05) is 26.8 Å². The standard InChI is InChI=1S/C13H17ClF2O3S/c1-13(2,3)9(8-20(14,17)18)7-19-12-10(15)5-4-6-11(12)16/h4-6,9H,7-8H2,1-3H3. The van der Waals surface area contributed by atoms with Crippen molar-refractivity contribution in [3.05, 3.63) is 29.8 Å². The van der Waals surface area contributed by atoms with Crippen LogP contribution in [-0.4, -0.2) is 20.8 Å². The van der Waals surface area contributed by atoms with Gasteiger partial charge in [0, 0.05) is 16.6 Å². The average Bonchev–Trinajstić information content (AvgIpc) is 2.23. The Hall–Kier alpha value is -0.880. The van der Waals surface area contributed by atoms with Crippen molar-refractivity contribution in [3.63, 3.8) is 0 Å². The molecule has 1 rings (SSSR count). The maximum absolute atomic E-state index is 13.4. The zero-order valence-corrected chi connectivity index (χ0v) is 13.1. The second-order valence-corrected chi connectivity index (χ2v) is 8.45. The van der Waals surface area contributed by atoms with E-state index in [9.17, 15) is 17.2 Å².